The molecule has 0 spiro atoms. The van der Waals surface area contributed by atoms with E-state index in [0.29, 0.717) is 17.3 Å². The van der Waals surface area contributed by atoms with Crippen LogP contribution >= 0.6 is 11.6 Å². The van der Waals surface area contributed by atoms with Crippen molar-refractivity contribution in [2.45, 2.75) is 19.8 Å². The topological polar surface area (TPSA) is 38.7 Å². The lowest BCUT2D eigenvalue weighted by Crippen LogP contribution is -2.05. The van der Waals surface area contributed by atoms with Crippen LogP contribution in [0.25, 0.3) is 6.08 Å². The van der Waals surface area contributed by atoms with Gasteiger partial charge in [-0.15, -0.1) is 0 Å². The lowest BCUT2D eigenvalue weighted by atomic mass is 10.1. The first-order valence-electron chi connectivity index (χ1n) is 7.43. The standard InChI is InChI=1S/C19H16ClNO2/c1-13-6-8-14(9-7-13)10-11-18-21-17(19(22)23-18)12-15-4-2-3-5-16(15)20/h2-9,12H,10-11H2,1H3/b17-12-. The molecule has 2 aromatic carbocycles. The van der Waals surface area contributed by atoms with Gasteiger partial charge in [0.25, 0.3) is 0 Å². The molecule has 3 rings (SSSR count). The molecule has 0 unspecified atom stereocenters. The molecule has 0 radical (unpaired) electrons. The van der Waals surface area contributed by atoms with E-state index in [9.17, 15) is 4.79 Å². The Morgan fingerprint density at radius 3 is 2.57 bits per heavy atom. The molecule has 0 N–H and O–H groups in total. The molecule has 116 valence electrons. The Kier molecular flexibility index (Phi) is 4.58. The van der Waals surface area contributed by atoms with Gasteiger partial charge in [-0.1, -0.05) is 59.6 Å². The zero-order valence-electron chi connectivity index (χ0n) is 12.8. The second-order valence-corrected chi connectivity index (χ2v) is 5.84. The van der Waals surface area contributed by atoms with Crippen molar-refractivity contribution in [3.8, 4) is 0 Å². The van der Waals surface area contributed by atoms with Gasteiger partial charge in [-0.05, 0) is 36.6 Å². The molecule has 2 aromatic rings. The van der Waals surface area contributed by atoms with E-state index in [1.807, 2.05) is 18.2 Å². The molecule has 0 fully saturated rings. The van der Waals surface area contributed by atoms with E-state index in [1.165, 1.54) is 11.1 Å². The van der Waals surface area contributed by atoms with E-state index >= 15 is 0 Å². The maximum atomic E-state index is 11.9. The summed E-state index contributed by atoms with van der Waals surface area (Å²) in [4.78, 5) is 16.2. The van der Waals surface area contributed by atoms with Crippen molar-refractivity contribution < 1.29 is 9.53 Å². The fraction of sp³-hybridized carbons (Fsp3) is 0.158. The molecular weight excluding hydrogens is 310 g/mol. The van der Waals surface area contributed by atoms with Crippen LogP contribution in [0.1, 0.15) is 23.1 Å². The molecule has 0 aromatic heterocycles. The number of aryl methyl sites for hydroxylation is 2. The number of nitrogens with zero attached hydrogens (tertiary/aromatic N) is 1. The van der Waals surface area contributed by atoms with Gasteiger partial charge in [0.05, 0.1) is 0 Å². The zero-order valence-corrected chi connectivity index (χ0v) is 13.5. The highest BCUT2D eigenvalue weighted by molar-refractivity contribution is 6.32. The third-order valence-electron chi connectivity index (χ3n) is 3.61. The maximum absolute atomic E-state index is 11.9. The first-order valence-corrected chi connectivity index (χ1v) is 7.81. The van der Waals surface area contributed by atoms with Crippen LogP contribution in [0.4, 0.5) is 0 Å². The fourth-order valence-corrected chi connectivity index (χ4v) is 2.50. The van der Waals surface area contributed by atoms with Crippen molar-refractivity contribution in [2.24, 2.45) is 4.99 Å². The average Bonchev–Trinajstić information content (AvgIpc) is 2.89. The second-order valence-electron chi connectivity index (χ2n) is 5.43. The Bertz CT molecular complexity index is 791. The van der Waals surface area contributed by atoms with E-state index in [4.69, 9.17) is 16.3 Å². The molecule has 0 atom stereocenters. The Balaban J connectivity index is 1.71. The molecule has 0 saturated heterocycles. The predicted octanol–water partition coefficient (Wildman–Crippen LogP) is 4.58. The monoisotopic (exact) mass is 325 g/mol. The van der Waals surface area contributed by atoms with Crippen LogP contribution in [-0.2, 0) is 16.0 Å². The van der Waals surface area contributed by atoms with Gasteiger partial charge < -0.3 is 4.74 Å². The van der Waals surface area contributed by atoms with Crippen LogP contribution in [0.15, 0.2) is 59.2 Å². The summed E-state index contributed by atoms with van der Waals surface area (Å²) >= 11 is 6.10. The summed E-state index contributed by atoms with van der Waals surface area (Å²) in [7, 11) is 0. The summed E-state index contributed by atoms with van der Waals surface area (Å²) in [6.45, 7) is 2.05. The zero-order chi connectivity index (χ0) is 16.2. The summed E-state index contributed by atoms with van der Waals surface area (Å²) in [5.41, 5.74) is 3.46. The summed E-state index contributed by atoms with van der Waals surface area (Å²) in [6, 6.07) is 15.6. The predicted molar refractivity (Wildman–Crippen MR) is 92.5 cm³/mol. The number of ether oxygens (including phenoxy) is 1. The Morgan fingerprint density at radius 2 is 1.83 bits per heavy atom. The van der Waals surface area contributed by atoms with Gasteiger partial charge in [0, 0.05) is 11.4 Å². The third kappa shape index (κ3) is 3.88. The number of carbonyl (C=O) groups excluding carboxylic acids is 1. The SMILES string of the molecule is Cc1ccc(CCC2=N/C(=C\c3ccccc3Cl)C(=O)O2)cc1. The molecule has 0 amide bonds. The Labute approximate surface area is 140 Å². The van der Waals surface area contributed by atoms with Crippen molar-refractivity contribution >= 4 is 29.5 Å². The van der Waals surface area contributed by atoms with Crippen molar-refractivity contribution in [1.82, 2.24) is 0 Å². The van der Waals surface area contributed by atoms with Gasteiger partial charge >= 0.3 is 5.97 Å². The number of hydrogen-bond acceptors (Lipinski definition) is 3. The molecule has 0 bridgehead atoms. The molecule has 1 aliphatic rings. The minimum Gasteiger partial charge on any atom is -0.407 e. The number of esters is 1. The van der Waals surface area contributed by atoms with Gasteiger partial charge in [0.2, 0.25) is 0 Å². The largest absolute Gasteiger partial charge is 0.407 e. The second kappa shape index (κ2) is 6.80. The van der Waals surface area contributed by atoms with E-state index in [2.05, 4.69) is 36.2 Å². The number of benzene rings is 2. The van der Waals surface area contributed by atoms with E-state index < -0.39 is 5.97 Å². The van der Waals surface area contributed by atoms with E-state index in [0.717, 1.165) is 12.0 Å². The quantitative estimate of drug-likeness (QED) is 0.609. The number of carbonyl (C=O) groups is 1. The minimum absolute atomic E-state index is 0.289. The van der Waals surface area contributed by atoms with Crippen molar-refractivity contribution in [3.63, 3.8) is 0 Å². The molecular formula is C19H16ClNO2. The first-order chi connectivity index (χ1) is 11.1. The summed E-state index contributed by atoms with van der Waals surface area (Å²) < 4.78 is 5.23. The highest BCUT2D eigenvalue weighted by atomic mass is 35.5. The number of cyclic esters (lactones) is 1. The highest BCUT2D eigenvalue weighted by Gasteiger charge is 2.22. The normalized spacial score (nSPS) is 15.7. The Morgan fingerprint density at radius 1 is 1.09 bits per heavy atom. The van der Waals surface area contributed by atoms with Gasteiger partial charge in [-0.2, -0.15) is 0 Å². The lowest BCUT2D eigenvalue weighted by Gasteiger charge is -2.01. The number of halogens is 1. The molecule has 0 saturated carbocycles. The number of aliphatic imine (C=N–C) groups is 1. The van der Waals surface area contributed by atoms with E-state index in [1.54, 1.807) is 12.1 Å². The van der Waals surface area contributed by atoms with Gasteiger partial charge in [0.15, 0.2) is 11.6 Å². The molecule has 3 nitrogen and oxygen atoms in total. The van der Waals surface area contributed by atoms with Crippen LogP contribution in [0, 0.1) is 6.92 Å². The van der Waals surface area contributed by atoms with Crippen LogP contribution in [0.3, 0.4) is 0 Å². The number of hydrogen-bond donors (Lipinski definition) is 0. The third-order valence-corrected chi connectivity index (χ3v) is 3.95. The van der Waals surface area contributed by atoms with Crippen LogP contribution < -0.4 is 0 Å². The van der Waals surface area contributed by atoms with E-state index in [-0.39, 0.29) is 5.70 Å². The lowest BCUT2D eigenvalue weighted by molar-refractivity contribution is -0.130. The molecule has 23 heavy (non-hydrogen) atoms. The van der Waals surface area contributed by atoms with Gasteiger partial charge in [-0.25, -0.2) is 9.79 Å². The Hall–Kier alpha value is -2.39. The van der Waals surface area contributed by atoms with Crippen LogP contribution in [0.2, 0.25) is 5.02 Å². The van der Waals surface area contributed by atoms with Crippen LogP contribution in [0.5, 0.6) is 0 Å². The van der Waals surface area contributed by atoms with Crippen molar-refractivity contribution in [3.05, 3.63) is 75.9 Å². The molecule has 0 aliphatic carbocycles. The fourth-order valence-electron chi connectivity index (χ4n) is 2.31. The minimum atomic E-state index is -0.427. The first kappa shape index (κ1) is 15.5. The van der Waals surface area contributed by atoms with Gasteiger partial charge in [0.1, 0.15) is 0 Å². The smallest absolute Gasteiger partial charge is 0.363 e. The summed E-state index contributed by atoms with van der Waals surface area (Å²) in [5, 5.41) is 0.580. The van der Waals surface area contributed by atoms with Crippen molar-refractivity contribution in [1.29, 1.82) is 0 Å². The molecule has 4 heteroatoms. The molecule has 1 aliphatic heterocycles. The van der Waals surface area contributed by atoms with Crippen molar-refractivity contribution in [2.75, 3.05) is 0 Å². The summed E-state index contributed by atoms with van der Waals surface area (Å²) in [5.74, 6) is 0.0257. The van der Waals surface area contributed by atoms with Gasteiger partial charge in [-0.3, -0.25) is 0 Å². The van der Waals surface area contributed by atoms with Crippen LogP contribution in [-0.4, -0.2) is 11.9 Å². The maximum Gasteiger partial charge on any atom is 0.363 e. The molecule has 1 heterocycles. The number of rotatable bonds is 4. The summed E-state index contributed by atoms with van der Waals surface area (Å²) in [6.07, 6.45) is 3.03. The average molecular weight is 326 g/mol. The highest BCUT2D eigenvalue weighted by Crippen LogP contribution is 2.22.